The number of aryl methyl sites for hydroxylation is 1. The lowest BCUT2D eigenvalue weighted by atomic mass is 9.93. The van der Waals surface area contributed by atoms with Crippen LogP contribution in [-0.4, -0.2) is 44.2 Å². The monoisotopic (exact) mass is 318 g/mol. The van der Waals surface area contributed by atoms with Gasteiger partial charge in [0.2, 0.25) is 5.91 Å². The predicted molar refractivity (Wildman–Crippen MR) is 93.4 cm³/mol. The second-order valence-electron chi connectivity index (χ2n) is 6.54. The Bertz CT molecular complexity index is 496. The number of methoxy groups -OCH3 is 1. The Morgan fingerprint density at radius 2 is 2.13 bits per heavy atom. The Kier molecular flexibility index (Phi) is 7.06. The van der Waals surface area contributed by atoms with Crippen molar-refractivity contribution in [2.24, 2.45) is 5.92 Å². The number of carbonyl (C=O) groups excluding carboxylic acids is 1. The van der Waals surface area contributed by atoms with Gasteiger partial charge in [-0.2, -0.15) is 0 Å². The van der Waals surface area contributed by atoms with Crippen LogP contribution in [0.5, 0.6) is 0 Å². The number of amides is 1. The third-order valence-electron chi connectivity index (χ3n) is 4.80. The standard InChI is InChI=1S/C19H30N2O2/c1-15-6-4-7-18(14-15)16(2)21-11-8-17(9-12-21)19(22)20-10-5-13-23-3/h4,6-7,14,16-17H,5,8-13H2,1-3H3,(H,20,22). The van der Waals surface area contributed by atoms with Gasteiger partial charge in [0.25, 0.3) is 0 Å². The largest absolute Gasteiger partial charge is 0.385 e. The number of rotatable bonds is 7. The first-order valence-electron chi connectivity index (χ1n) is 8.69. The van der Waals surface area contributed by atoms with E-state index in [0.717, 1.165) is 32.4 Å². The van der Waals surface area contributed by atoms with Gasteiger partial charge in [0.1, 0.15) is 0 Å². The molecule has 0 radical (unpaired) electrons. The quantitative estimate of drug-likeness (QED) is 0.786. The molecule has 0 saturated carbocycles. The number of nitrogens with one attached hydrogen (secondary N) is 1. The fraction of sp³-hybridized carbons (Fsp3) is 0.632. The Balaban J connectivity index is 1.78. The van der Waals surface area contributed by atoms with E-state index in [2.05, 4.69) is 48.3 Å². The second kappa shape index (κ2) is 9.04. The first kappa shape index (κ1) is 18.0. The lowest BCUT2D eigenvalue weighted by Gasteiger charge is -2.35. The zero-order valence-corrected chi connectivity index (χ0v) is 14.7. The van der Waals surface area contributed by atoms with Gasteiger partial charge >= 0.3 is 0 Å². The van der Waals surface area contributed by atoms with Crippen LogP contribution < -0.4 is 5.32 Å². The van der Waals surface area contributed by atoms with Crippen LogP contribution in [0.1, 0.15) is 43.4 Å². The van der Waals surface area contributed by atoms with Gasteiger partial charge in [-0.05, 0) is 51.8 Å². The van der Waals surface area contributed by atoms with Crippen LogP contribution in [0, 0.1) is 12.8 Å². The highest BCUT2D eigenvalue weighted by Crippen LogP contribution is 2.27. The van der Waals surface area contributed by atoms with E-state index in [-0.39, 0.29) is 11.8 Å². The summed E-state index contributed by atoms with van der Waals surface area (Å²) in [5.41, 5.74) is 2.67. The second-order valence-corrected chi connectivity index (χ2v) is 6.54. The van der Waals surface area contributed by atoms with Crippen LogP contribution in [-0.2, 0) is 9.53 Å². The van der Waals surface area contributed by atoms with E-state index < -0.39 is 0 Å². The lowest BCUT2D eigenvalue weighted by molar-refractivity contribution is -0.126. The molecule has 1 amide bonds. The summed E-state index contributed by atoms with van der Waals surface area (Å²) in [4.78, 5) is 14.7. The number of piperidine rings is 1. The number of nitrogens with zero attached hydrogens (tertiary/aromatic N) is 1. The number of hydrogen-bond acceptors (Lipinski definition) is 3. The van der Waals surface area contributed by atoms with Crippen molar-refractivity contribution in [3.8, 4) is 0 Å². The minimum Gasteiger partial charge on any atom is -0.385 e. The van der Waals surface area contributed by atoms with Crippen LogP contribution in [0.4, 0.5) is 0 Å². The summed E-state index contributed by atoms with van der Waals surface area (Å²) in [6.45, 7) is 7.80. The molecule has 1 atom stereocenters. The number of likely N-dealkylation sites (tertiary alicyclic amines) is 1. The van der Waals surface area contributed by atoms with Gasteiger partial charge < -0.3 is 10.1 Å². The number of carbonyl (C=O) groups is 1. The van der Waals surface area contributed by atoms with Crippen molar-refractivity contribution < 1.29 is 9.53 Å². The summed E-state index contributed by atoms with van der Waals surface area (Å²) >= 11 is 0. The molecule has 0 spiro atoms. The highest BCUT2D eigenvalue weighted by atomic mass is 16.5. The number of benzene rings is 1. The van der Waals surface area contributed by atoms with Crippen molar-refractivity contribution >= 4 is 5.91 Å². The molecule has 1 aromatic carbocycles. The lowest BCUT2D eigenvalue weighted by Crippen LogP contribution is -2.41. The fourth-order valence-electron chi connectivity index (χ4n) is 3.26. The minimum absolute atomic E-state index is 0.165. The molecular formula is C19H30N2O2. The number of hydrogen-bond donors (Lipinski definition) is 1. The molecule has 1 saturated heterocycles. The SMILES string of the molecule is COCCCNC(=O)C1CCN(C(C)c2cccc(C)c2)CC1. The highest BCUT2D eigenvalue weighted by molar-refractivity contribution is 5.78. The molecule has 1 aliphatic rings. The predicted octanol–water partition coefficient (Wildman–Crippen LogP) is 2.92. The van der Waals surface area contributed by atoms with Gasteiger partial charge in [-0.1, -0.05) is 29.8 Å². The Morgan fingerprint density at radius 1 is 1.39 bits per heavy atom. The van der Waals surface area contributed by atoms with Crippen LogP contribution in [0.15, 0.2) is 24.3 Å². The summed E-state index contributed by atoms with van der Waals surface area (Å²) in [7, 11) is 1.69. The highest BCUT2D eigenvalue weighted by Gasteiger charge is 2.27. The molecule has 0 aliphatic carbocycles. The third kappa shape index (κ3) is 5.33. The van der Waals surface area contributed by atoms with E-state index in [9.17, 15) is 4.79 Å². The molecule has 0 aromatic heterocycles. The summed E-state index contributed by atoms with van der Waals surface area (Å²) in [5.74, 6) is 0.377. The molecule has 1 N–H and O–H groups in total. The molecular weight excluding hydrogens is 288 g/mol. The minimum atomic E-state index is 0.165. The van der Waals surface area contributed by atoms with Crippen molar-refractivity contribution in [1.29, 1.82) is 0 Å². The molecule has 1 fully saturated rings. The molecule has 4 nitrogen and oxygen atoms in total. The van der Waals surface area contributed by atoms with Crippen LogP contribution >= 0.6 is 0 Å². The van der Waals surface area contributed by atoms with E-state index in [1.165, 1.54) is 11.1 Å². The average molecular weight is 318 g/mol. The fourth-order valence-corrected chi connectivity index (χ4v) is 3.26. The molecule has 4 heteroatoms. The average Bonchev–Trinajstić information content (AvgIpc) is 2.58. The van der Waals surface area contributed by atoms with Gasteiger partial charge in [-0.3, -0.25) is 9.69 Å². The Morgan fingerprint density at radius 3 is 2.78 bits per heavy atom. The van der Waals surface area contributed by atoms with E-state index in [1.54, 1.807) is 7.11 Å². The van der Waals surface area contributed by atoms with Crippen LogP contribution in [0.2, 0.25) is 0 Å². The van der Waals surface area contributed by atoms with Crippen molar-refractivity contribution in [3.05, 3.63) is 35.4 Å². The van der Waals surface area contributed by atoms with Gasteiger partial charge in [0.15, 0.2) is 0 Å². The van der Waals surface area contributed by atoms with Crippen LogP contribution in [0.25, 0.3) is 0 Å². The van der Waals surface area contributed by atoms with E-state index in [1.807, 2.05) is 0 Å². The van der Waals surface area contributed by atoms with Crippen molar-refractivity contribution in [2.45, 2.75) is 39.2 Å². The molecule has 0 bridgehead atoms. The molecule has 1 aromatic rings. The molecule has 2 rings (SSSR count). The maximum absolute atomic E-state index is 12.2. The topological polar surface area (TPSA) is 41.6 Å². The maximum Gasteiger partial charge on any atom is 0.223 e. The number of ether oxygens (including phenoxy) is 1. The van der Waals surface area contributed by atoms with E-state index >= 15 is 0 Å². The van der Waals surface area contributed by atoms with Gasteiger partial charge in [-0.15, -0.1) is 0 Å². The van der Waals surface area contributed by atoms with Gasteiger partial charge in [0, 0.05) is 32.2 Å². The Hall–Kier alpha value is -1.39. The van der Waals surface area contributed by atoms with Gasteiger partial charge in [-0.25, -0.2) is 0 Å². The van der Waals surface area contributed by atoms with E-state index in [0.29, 0.717) is 19.2 Å². The van der Waals surface area contributed by atoms with Crippen LogP contribution in [0.3, 0.4) is 0 Å². The van der Waals surface area contributed by atoms with Crippen molar-refractivity contribution in [1.82, 2.24) is 10.2 Å². The van der Waals surface area contributed by atoms with Crippen molar-refractivity contribution in [3.63, 3.8) is 0 Å². The summed E-state index contributed by atoms with van der Waals surface area (Å²) in [6, 6.07) is 9.14. The summed E-state index contributed by atoms with van der Waals surface area (Å²) in [5, 5.41) is 3.03. The normalized spacial score (nSPS) is 17.9. The zero-order valence-electron chi connectivity index (χ0n) is 14.7. The first-order valence-corrected chi connectivity index (χ1v) is 8.69. The van der Waals surface area contributed by atoms with Crippen molar-refractivity contribution in [2.75, 3.05) is 33.4 Å². The summed E-state index contributed by atoms with van der Waals surface area (Å²) < 4.78 is 5.00. The first-order chi connectivity index (χ1) is 11.1. The molecule has 23 heavy (non-hydrogen) atoms. The smallest absolute Gasteiger partial charge is 0.223 e. The Labute approximate surface area is 140 Å². The third-order valence-corrected chi connectivity index (χ3v) is 4.80. The molecule has 128 valence electrons. The van der Waals surface area contributed by atoms with Gasteiger partial charge in [0.05, 0.1) is 0 Å². The zero-order chi connectivity index (χ0) is 16.7. The molecule has 1 heterocycles. The summed E-state index contributed by atoms with van der Waals surface area (Å²) in [6.07, 6.45) is 2.78. The maximum atomic E-state index is 12.2. The molecule has 1 aliphatic heterocycles. The molecule has 1 unspecified atom stereocenters. The van der Waals surface area contributed by atoms with E-state index in [4.69, 9.17) is 4.74 Å².